The summed E-state index contributed by atoms with van der Waals surface area (Å²) in [5.74, 6) is 1.48. The van der Waals surface area contributed by atoms with Crippen molar-refractivity contribution < 1.29 is 19.0 Å². The maximum atomic E-state index is 12.3. The van der Waals surface area contributed by atoms with Gasteiger partial charge in [-0.3, -0.25) is 10.3 Å². The molecule has 1 aromatic carbocycles. The van der Waals surface area contributed by atoms with E-state index in [-0.39, 0.29) is 6.10 Å². The molecule has 2 aromatic rings. The highest BCUT2D eigenvalue weighted by molar-refractivity contribution is 6.00. The second-order valence-electron chi connectivity index (χ2n) is 5.99. The molecule has 2 amide bonds. The fraction of sp³-hybridized carbons (Fsp3) is 0.389. The van der Waals surface area contributed by atoms with E-state index in [2.05, 4.69) is 25.9 Å². The summed E-state index contributed by atoms with van der Waals surface area (Å²) in [7, 11) is 1.56. The maximum absolute atomic E-state index is 12.3. The molecule has 1 fully saturated rings. The molecule has 9 nitrogen and oxygen atoms in total. The first-order valence-corrected chi connectivity index (χ1v) is 8.64. The number of hydrogen-bond acceptors (Lipinski definition) is 7. The van der Waals surface area contributed by atoms with E-state index < -0.39 is 6.03 Å². The third kappa shape index (κ3) is 5.53. The first-order valence-electron chi connectivity index (χ1n) is 8.64. The van der Waals surface area contributed by atoms with Crippen LogP contribution >= 0.6 is 0 Å². The van der Waals surface area contributed by atoms with Crippen LogP contribution in [0, 0.1) is 6.92 Å². The zero-order valence-corrected chi connectivity index (χ0v) is 15.3. The molecule has 3 rings (SSSR count). The minimum atomic E-state index is -0.457. The quantitative estimate of drug-likeness (QED) is 0.709. The summed E-state index contributed by atoms with van der Waals surface area (Å²) in [5, 5.41) is 8.64. The van der Waals surface area contributed by atoms with Gasteiger partial charge in [0.25, 0.3) is 0 Å². The smallest absolute Gasteiger partial charge is 0.325 e. The predicted octanol–water partition coefficient (Wildman–Crippen LogP) is 1.80. The van der Waals surface area contributed by atoms with Crippen molar-refractivity contribution in [3.05, 3.63) is 36.3 Å². The van der Waals surface area contributed by atoms with E-state index in [9.17, 15) is 4.79 Å². The Kier molecular flexibility index (Phi) is 6.39. The Bertz CT molecular complexity index is 763. The Morgan fingerprint density at radius 1 is 1.33 bits per heavy atom. The normalized spacial score (nSPS) is 16.4. The summed E-state index contributed by atoms with van der Waals surface area (Å²) in [6.45, 7) is 4.42. The third-order valence-corrected chi connectivity index (χ3v) is 3.89. The molecule has 0 unspecified atom stereocenters. The summed E-state index contributed by atoms with van der Waals surface area (Å²) in [6.07, 6.45) is 3.03. The summed E-state index contributed by atoms with van der Waals surface area (Å²) < 4.78 is 16.7. The van der Waals surface area contributed by atoms with Crippen molar-refractivity contribution in [3.63, 3.8) is 0 Å². The number of carbonyl (C=O) groups excluding carboxylic acids is 1. The number of aryl methyl sites for hydroxylation is 1. The van der Waals surface area contributed by atoms with Crippen LogP contribution < -0.4 is 25.4 Å². The summed E-state index contributed by atoms with van der Waals surface area (Å²) in [4.78, 5) is 20.5. The van der Waals surface area contributed by atoms with E-state index in [0.717, 1.165) is 18.8 Å². The minimum absolute atomic E-state index is 0.0367. The Morgan fingerprint density at radius 2 is 2.22 bits per heavy atom. The van der Waals surface area contributed by atoms with Crippen LogP contribution in [0.1, 0.15) is 5.69 Å². The number of nitrogens with one attached hydrogen (secondary N) is 3. The predicted molar refractivity (Wildman–Crippen MR) is 101 cm³/mol. The SMILES string of the molecule is COc1ccc(OC[C@@H]2CNCCO2)c(NC(=O)Nc2cnc(C)cn2)c1. The van der Waals surface area contributed by atoms with Gasteiger partial charge in [0.1, 0.15) is 24.2 Å². The number of methoxy groups -OCH3 is 1. The molecule has 3 N–H and O–H groups in total. The Balaban J connectivity index is 1.66. The van der Waals surface area contributed by atoms with E-state index in [1.807, 2.05) is 6.92 Å². The molecule has 0 spiro atoms. The molecule has 1 aliphatic rings. The van der Waals surface area contributed by atoms with Crippen molar-refractivity contribution in [1.29, 1.82) is 0 Å². The van der Waals surface area contributed by atoms with Crippen molar-refractivity contribution in [2.75, 3.05) is 44.0 Å². The van der Waals surface area contributed by atoms with Gasteiger partial charge in [0.2, 0.25) is 0 Å². The first kappa shape index (κ1) is 18.9. The average molecular weight is 373 g/mol. The van der Waals surface area contributed by atoms with E-state index in [4.69, 9.17) is 14.2 Å². The van der Waals surface area contributed by atoms with Gasteiger partial charge in [-0.1, -0.05) is 0 Å². The molecule has 0 bridgehead atoms. The highest BCUT2D eigenvalue weighted by atomic mass is 16.5. The molecular weight excluding hydrogens is 350 g/mol. The number of carbonyl (C=O) groups is 1. The van der Waals surface area contributed by atoms with E-state index in [1.54, 1.807) is 31.5 Å². The lowest BCUT2D eigenvalue weighted by molar-refractivity contribution is 0.000345. The van der Waals surface area contributed by atoms with Crippen LogP contribution in [-0.4, -0.2) is 55.5 Å². The van der Waals surface area contributed by atoms with Gasteiger partial charge in [-0.2, -0.15) is 0 Å². The van der Waals surface area contributed by atoms with Crippen LogP contribution in [0.2, 0.25) is 0 Å². The molecule has 27 heavy (non-hydrogen) atoms. The van der Waals surface area contributed by atoms with Gasteiger partial charge in [0.05, 0.1) is 37.5 Å². The molecule has 1 atom stereocenters. The van der Waals surface area contributed by atoms with Crippen molar-refractivity contribution in [1.82, 2.24) is 15.3 Å². The van der Waals surface area contributed by atoms with E-state index in [1.165, 1.54) is 6.20 Å². The zero-order valence-electron chi connectivity index (χ0n) is 15.3. The highest BCUT2D eigenvalue weighted by Gasteiger charge is 2.16. The largest absolute Gasteiger partial charge is 0.497 e. The van der Waals surface area contributed by atoms with Gasteiger partial charge in [-0.15, -0.1) is 0 Å². The fourth-order valence-corrected chi connectivity index (χ4v) is 2.50. The summed E-state index contributed by atoms with van der Waals surface area (Å²) in [5.41, 5.74) is 1.25. The summed E-state index contributed by atoms with van der Waals surface area (Å²) in [6, 6.07) is 4.75. The van der Waals surface area contributed by atoms with Crippen molar-refractivity contribution in [3.8, 4) is 11.5 Å². The Hall–Kier alpha value is -2.91. The maximum Gasteiger partial charge on any atom is 0.325 e. The number of amides is 2. The van der Waals surface area contributed by atoms with Gasteiger partial charge >= 0.3 is 6.03 Å². The molecule has 144 valence electrons. The molecule has 1 saturated heterocycles. The number of anilines is 2. The fourth-order valence-electron chi connectivity index (χ4n) is 2.50. The number of benzene rings is 1. The lowest BCUT2D eigenvalue weighted by Crippen LogP contribution is -2.41. The molecule has 2 heterocycles. The summed E-state index contributed by atoms with van der Waals surface area (Å²) >= 11 is 0. The molecular formula is C18H23N5O4. The van der Waals surface area contributed by atoms with Crippen LogP contribution in [0.3, 0.4) is 0 Å². The lowest BCUT2D eigenvalue weighted by atomic mass is 10.2. The third-order valence-electron chi connectivity index (χ3n) is 3.89. The number of nitrogens with zero attached hydrogens (tertiary/aromatic N) is 2. The Morgan fingerprint density at radius 3 is 2.93 bits per heavy atom. The van der Waals surface area contributed by atoms with Crippen molar-refractivity contribution >= 4 is 17.5 Å². The molecule has 1 aliphatic heterocycles. The molecule has 0 saturated carbocycles. The monoisotopic (exact) mass is 373 g/mol. The van der Waals surface area contributed by atoms with Crippen LogP contribution in [0.4, 0.5) is 16.3 Å². The van der Waals surface area contributed by atoms with Gasteiger partial charge < -0.3 is 24.8 Å². The van der Waals surface area contributed by atoms with Crippen LogP contribution in [0.15, 0.2) is 30.6 Å². The number of hydrogen-bond donors (Lipinski definition) is 3. The van der Waals surface area contributed by atoms with Crippen LogP contribution in [-0.2, 0) is 4.74 Å². The second kappa shape index (κ2) is 9.15. The molecule has 0 aliphatic carbocycles. The van der Waals surface area contributed by atoms with Gasteiger partial charge in [-0.05, 0) is 19.1 Å². The topological polar surface area (TPSA) is 107 Å². The molecule has 9 heteroatoms. The van der Waals surface area contributed by atoms with Crippen molar-refractivity contribution in [2.24, 2.45) is 0 Å². The standard InChI is InChI=1S/C18H23N5O4/c1-12-8-21-17(10-20-12)23-18(24)22-15-7-13(25-2)3-4-16(15)27-11-14-9-19-5-6-26-14/h3-4,7-8,10,14,19H,5-6,9,11H2,1-2H3,(H2,21,22,23,24)/t14-/m0/s1. The van der Waals surface area contributed by atoms with Gasteiger partial charge in [0, 0.05) is 19.2 Å². The van der Waals surface area contributed by atoms with E-state index >= 15 is 0 Å². The lowest BCUT2D eigenvalue weighted by Gasteiger charge is -2.24. The minimum Gasteiger partial charge on any atom is -0.497 e. The number of morpholine rings is 1. The second-order valence-corrected chi connectivity index (χ2v) is 5.99. The van der Waals surface area contributed by atoms with Gasteiger partial charge in [0.15, 0.2) is 5.82 Å². The van der Waals surface area contributed by atoms with Crippen LogP contribution in [0.25, 0.3) is 0 Å². The van der Waals surface area contributed by atoms with Crippen LogP contribution in [0.5, 0.6) is 11.5 Å². The number of aromatic nitrogens is 2. The average Bonchev–Trinajstić information content (AvgIpc) is 2.69. The van der Waals surface area contributed by atoms with E-state index in [0.29, 0.717) is 36.2 Å². The highest BCUT2D eigenvalue weighted by Crippen LogP contribution is 2.29. The Labute approximate surface area is 157 Å². The zero-order chi connectivity index (χ0) is 19.1. The number of urea groups is 1. The number of rotatable bonds is 6. The number of ether oxygens (including phenoxy) is 3. The molecule has 1 aromatic heterocycles. The molecule has 0 radical (unpaired) electrons. The van der Waals surface area contributed by atoms with Crippen molar-refractivity contribution in [2.45, 2.75) is 13.0 Å². The van der Waals surface area contributed by atoms with Gasteiger partial charge in [-0.25, -0.2) is 9.78 Å². The first-order chi connectivity index (χ1) is 13.1.